The lowest BCUT2D eigenvalue weighted by molar-refractivity contribution is 0.101. The second-order valence-electron chi connectivity index (χ2n) is 5.97. The lowest BCUT2D eigenvalue weighted by Crippen LogP contribution is -2.19. The first-order valence-corrected chi connectivity index (χ1v) is 8.33. The molecule has 0 aliphatic heterocycles. The van der Waals surface area contributed by atoms with Crippen molar-refractivity contribution < 1.29 is 14.3 Å². The van der Waals surface area contributed by atoms with Gasteiger partial charge in [0.2, 0.25) is 0 Å². The van der Waals surface area contributed by atoms with Gasteiger partial charge in [0.15, 0.2) is 5.78 Å². The third-order valence-corrected chi connectivity index (χ3v) is 4.08. The van der Waals surface area contributed by atoms with Crippen molar-refractivity contribution in [3.05, 3.63) is 60.3 Å². The lowest BCUT2D eigenvalue weighted by atomic mass is 10.1. The maximum Gasteiger partial charge on any atom is 0.323 e. The van der Waals surface area contributed by atoms with Crippen LogP contribution in [0.15, 0.2) is 54.7 Å². The fourth-order valence-electron chi connectivity index (χ4n) is 2.73. The number of hydrogen-bond donors (Lipinski definition) is 2. The largest absolute Gasteiger partial charge is 0.496 e. The van der Waals surface area contributed by atoms with Crippen molar-refractivity contribution in [1.82, 2.24) is 9.78 Å². The second-order valence-corrected chi connectivity index (χ2v) is 5.97. The van der Waals surface area contributed by atoms with Gasteiger partial charge in [-0.05, 0) is 43.3 Å². The molecule has 7 nitrogen and oxygen atoms in total. The molecule has 2 N–H and O–H groups in total. The third-order valence-electron chi connectivity index (χ3n) is 4.08. The van der Waals surface area contributed by atoms with Crippen molar-refractivity contribution in [2.45, 2.75) is 6.92 Å². The highest BCUT2D eigenvalue weighted by molar-refractivity contribution is 6.01. The van der Waals surface area contributed by atoms with Crippen LogP contribution in [-0.2, 0) is 7.05 Å². The quantitative estimate of drug-likeness (QED) is 0.672. The van der Waals surface area contributed by atoms with Crippen LogP contribution in [0.5, 0.6) is 5.75 Å². The molecule has 0 spiro atoms. The minimum Gasteiger partial charge on any atom is -0.496 e. The number of aryl methyl sites for hydroxylation is 1. The monoisotopic (exact) mass is 364 g/mol. The lowest BCUT2D eigenvalue weighted by Gasteiger charge is -2.13. The van der Waals surface area contributed by atoms with E-state index in [0.29, 0.717) is 22.7 Å². The second kappa shape index (κ2) is 7.74. The number of ketones is 1. The van der Waals surface area contributed by atoms with Gasteiger partial charge in [-0.25, -0.2) is 4.79 Å². The number of hydrogen-bond acceptors (Lipinski definition) is 4. The molecule has 0 bridgehead atoms. The summed E-state index contributed by atoms with van der Waals surface area (Å²) in [7, 11) is 3.43. The average Bonchev–Trinajstić information content (AvgIpc) is 3.07. The summed E-state index contributed by atoms with van der Waals surface area (Å²) in [5.41, 5.74) is 3.36. The number of amides is 2. The van der Waals surface area contributed by atoms with E-state index in [1.165, 1.54) is 6.92 Å². The van der Waals surface area contributed by atoms with E-state index in [-0.39, 0.29) is 5.78 Å². The van der Waals surface area contributed by atoms with Crippen LogP contribution in [0, 0.1) is 0 Å². The van der Waals surface area contributed by atoms with Gasteiger partial charge in [-0.15, -0.1) is 0 Å². The van der Waals surface area contributed by atoms with Crippen molar-refractivity contribution in [2.24, 2.45) is 7.05 Å². The fraction of sp³-hybridized carbons (Fsp3) is 0.150. The Morgan fingerprint density at radius 3 is 2.41 bits per heavy atom. The number of nitrogens with one attached hydrogen (secondary N) is 2. The highest BCUT2D eigenvalue weighted by atomic mass is 16.5. The summed E-state index contributed by atoms with van der Waals surface area (Å²) in [6.07, 6.45) is 1.70. The van der Waals surface area contributed by atoms with Gasteiger partial charge in [-0.2, -0.15) is 5.10 Å². The zero-order chi connectivity index (χ0) is 19.4. The predicted molar refractivity (Wildman–Crippen MR) is 104 cm³/mol. The van der Waals surface area contributed by atoms with Crippen LogP contribution in [0.1, 0.15) is 17.3 Å². The van der Waals surface area contributed by atoms with Crippen molar-refractivity contribution in [1.29, 1.82) is 0 Å². The van der Waals surface area contributed by atoms with E-state index in [2.05, 4.69) is 15.7 Å². The predicted octanol–water partition coefficient (Wildman–Crippen LogP) is 3.94. The van der Waals surface area contributed by atoms with Crippen LogP contribution in [0.4, 0.5) is 16.2 Å². The van der Waals surface area contributed by atoms with E-state index in [9.17, 15) is 9.59 Å². The number of nitrogens with zero attached hydrogens (tertiary/aromatic N) is 2. The van der Waals surface area contributed by atoms with Gasteiger partial charge in [-0.3, -0.25) is 9.48 Å². The molecule has 2 aromatic carbocycles. The highest BCUT2D eigenvalue weighted by Crippen LogP contribution is 2.32. The molecule has 0 aliphatic rings. The standard InChI is InChI=1S/C20H20N4O3/c1-13(25)14-5-4-6-15(11-14)22-20(26)23-16-7-8-19(27-3)17(12-16)18-9-10-21-24(18)2/h4-12H,1-3H3,(H2,22,23,26). The Kier molecular flexibility index (Phi) is 5.21. The molecular weight excluding hydrogens is 344 g/mol. The number of benzene rings is 2. The first-order valence-electron chi connectivity index (χ1n) is 8.33. The Balaban J connectivity index is 1.79. The molecule has 27 heavy (non-hydrogen) atoms. The number of carbonyl (C=O) groups excluding carboxylic acids is 2. The van der Waals surface area contributed by atoms with Gasteiger partial charge < -0.3 is 15.4 Å². The molecule has 0 atom stereocenters. The number of anilines is 2. The Morgan fingerprint density at radius 2 is 1.78 bits per heavy atom. The summed E-state index contributed by atoms with van der Waals surface area (Å²) < 4.78 is 7.15. The van der Waals surface area contributed by atoms with Crippen LogP contribution in [0.2, 0.25) is 0 Å². The summed E-state index contributed by atoms with van der Waals surface area (Å²) in [4.78, 5) is 23.8. The van der Waals surface area contributed by atoms with Crippen LogP contribution in [0.25, 0.3) is 11.3 Å². The Hall–Kier alpha value is -3.61. The van der Waals surface area contributed by atoms with Crippen LogP contribution in [-0.4, -0.2) is 28.7 Å². The SMILES string of the molecule is COc1ccc(NC(=O)Nc2cccc(C(C)=O)c2)cc1-c1ccnn1C. The number of methoxy groups -OCH3 is 1. The van der Waals surface area contributed by atoms with Gasteiger partial charge in [0.25, 0.3) is 0 Å². The molecule has 0 saturated heterocycles. The topological polar surface area (TPSA) is 85.2 Å². The Bertz CT molecular complexity index is 994. The maximum absolute atomic E-state index is 12.3. The van der Waals surface area contributed by atoms with Crippen molar-refractivity contribution in [3.63, 3.8) is 0 Å². The number of carbonyl (C=O) groups is 2. The summed E-state index contributed by atoms with van der Waals surface area (Å²) in [5, 5.41) is 9.69. The van der Waals surface area contributed by atoms with Crippen LogP contribution in [0.3, 0.4) is 0 Å². The van der Waals surface area contributed by atoms with Gasteiger partial charge in [0.05, 0.1) is 12.8 Å². The number of urea groups is 1. The van der Waals surface area contributed by atoms with E-state index in [1.807, 2.05) is 19.2 Å². The highest BCUT2D eigenvalue weighted by Gasteiger charge is 2.12. The van der Waals surface area contributed by atoms with E-state index in [4.69, 9.17) is 4.74 Å². The molecule has 3 aromatic rings. The molecule has 0 radical (unpaired) electrons. The van der Waals surface area contributed by atoms with E-state index >= 15 is 0 Å². The zero-order valence-electron chi connectivity index (χ0n) is 15.3. The summed E-state index contributed by atoms with van der Waals surface area (Å²) >= 11 is 0. The molecule has 3 rings (SSSR count). The van der Waals surface area contributed by atoms with Crippen LogP contribution >= 0.6 is 0 Å². The summed E-state index contributed by atoms with van der Waals surface area (Å²) in [5.74, 6) is 0.619. The van der Waals surface area contributed by atoms with E-state index < -0.39 is 6.03 Å². The molecule has 0 fully saturated rings. The van der Waals surface area contributed by atoms with Gasteiger partial charge >= 0.3 is 6.03 Å². The Labute approximate surface area is 157 Å². The van der Waals surface area contributed by atoms with Crippen molar-refractivity contribution in [3.8, 4) is 17.0 Å². The van der Waals surface area contributed by atoms with Gasteiger partial charge in [0, 0.05) is 35.7 Å². The third kappa shape index (κ3) is 4.14. The first-order chi connectivity index (χ1) is 13.0. The molecule has 138 valence electrons. The Morgan fingerprint density at radius 1 is 1.04 bits per heavy atom. The van der Waals surface area contributed by atoms with Crippen molar-refractivity contribution in [2.75, 3.05) is 17.7 Å². The van der Waals surface area contributed by atoms with E-state index in [1.54, 1.807) is 54.4 Å². The molecular formula is C20H20N4O3. The van der Waals surface area contributed by atoms with Crippen molar-refractivity contribution >= 4 is 23.2 Å². The smallest absolute Gasteiger partial charge is 0.323 e. The average molecular weight is 364 g/mol. The molecule has 0 unspecified atom stereocenters. The molecule has 1 heterocycles. The number of Topliss-reactive ketones (excluding diaryl/α,β-unsaturated/α-hetero) is 1. The fourth-order valence-corrected chi connectivity index (χ4v) is 2.73. The number of ether oxygens (including phenoxy) is 1. The number of aromatic nitrogens is 2. The summed E-state index contributed by atoms with van der Waals surface area (Å²) in [6, 6.07) is 13.6. The maximum atomic E-state index is 12.3. The molecule has 2 amide bonds. The van der Waals surface area contributed by atoms with Gasteiger partial charge in [-0.1, -0.05) is 12.1 Å². The number of rotatable bonds is 5. The molecule has 0 aliphatic carbocycles. The normalized spacial score (nSPS) is 10.3. The first kappa shape index (κ1) is 18.2. The van der Waals surface area contributed by atoms with Gasteiger partial charge in [0.1, 0.15) is 5.75 Å². The molecule has 7 heteroatoms. The minimum atomic E-state index is -0.406. The van der Waals surface area contributed by atoms with E-state index in [0.717, 1.165) is 11.3 Å². The summed E-state index contributed by atoms with van der Waals surface area (Å²) in [6.45, 7) is 1.48. The van der Waals surface area contributed by atoms with Crippen LogP contribution < -0.4 is 15.4 Å². The zero-order valence-corrected chi connectivity index (χ0v) is 15.3. The molecule has 0 saturated carbocycles. The minimum absolute atomic E-state index is 0.0602. The molecule has 1 aromatic heterocycles.